The summed E-state index contributed by atoms with van der Waals surface area (Å²) < 4.78 is 222. The van der Waals surface area contributed by atoms with Gasteiger partial charge in [0.2, 0.25) is 0 Å². The lowest BCUT2D eigenvalue weighted by Crippen LogP contribution is -2.61. The third-order valence-corrected chi connectivity index (χ3v) is 23.3. The summed E-state index contributed by atoms with van der Waals surface area (Å²) in [5.74, 6) is 0. The molecule has 0 spiro atoms. The summed E-state index contributed by atoms with van der Waals surface area (Å²) in [5.41, 5.74) is 7.29. The lowest BCUT2D eigenvalue weighted by atomic mass is 9.33. The van der Waals surface area contributed by atoms with Gasteiger partial charge in [-0.05, 0) is 198 Å². The highest BCUT2D eigenvalue weighted by molar-refractivity contribution is 7.00. The lowest BCUT2D eigenvalue weighted by molar-refractivity contribution is 0.590. The zero-order valence-corrected chi connectivity index (χ0v) is 64.1. The zero-order chi connectivity index (χ0) is 95.1. The second-order valence-electron chi connectivity index (χ2n) is 33.2. The van der Waals surface area contributed by atoms with Gasteiger partial charge in [0.1, 0.15) is 0 Å². The van der Waals surface area contributed by atoms with E-state index in [2.05, 4.69) is 127 Å². The molecule has 0 radical (unpaired) electrons. The zero-order valence-electron chi connectivity index (χ0n) is 85.1. The number of hydrogen-bond acceptors (Lipinski definition) is 2. The third-order valence-electron chi connectivity index (χ3n) is 23.3. The SMILES string of the molecule is [2H]c1c([2H])c(-n2c3c([2H])c([2H])c([2H])c([2H])c3c3c([2H])c([2H])c([2H])c([2H])c32)c([2H])c2c1B1c3c(cc(C(C)(C)C)cc3N(c3c(-c4ccccc4)cc(C(C)(C)C)cc3-c3cc4c5ccccc5n5c6ccccc6c(c3)c45)c3c([2H])c(-n4c5c([2H])c([2H])c([2H])c([2H])c5c5c([2H])c(-c6ccccc6)c([2H])c([2H])c54)c([2H])c([2H])c31)N2c1c(-c2ccccc2)cc(C(C)(C)C)cc1-c1ccccc1. The number of nitrogens with zero attached hydrogens (tertiary/aromatic N) is 5. The van der Waals surface area contributed by atoms with Crippen molar-refractivity contribution in [1.82, 2.24) is 13.5 Å². The molecule has 114 heavy (non-hydrogen) atoms. The van der Waals surface area contributed by atoms with E-state index in [1.54, 1.807) is 30.3 Å². The Labute approximate surface area is 695 Å². The molecule has 2 aliphatic heterocycles. The average Bonchev–Trinajstić information content (AvgIpc) is 1.63. The number of hydrogen-bond donors (Lipinski definition) is 0. The van der Waals surface area contributed by atoms with Gasteiger partial charge in [-0.2, -0.15) is 0 Å². The van der Waals surface area contributed by atoms with Crippen LogP contribution < -0.4 is 26.2 Å². The summed E-state index contributed by atoms with van der Waals surface area (Å²) >= 11 is 0. The molecule has 544 valence electrons. The highest BCUT2D eigenvalue weighted by Crippen LogP contribution is 2.57. The van der Waals surface area contributed by atoms with Crippen molar-refractivity contribution in [2.75, 3.05) is 9.80 Å². The summed E-state index contributed by atoms with van der Waals surface area (Å²) in [6, 6.07) is 57.3. The first-order valence-corrected chi connectivity index (χ1v) is 38.6. The first-order valence-electron chi connectivity index (χ1n) is 49.1. The summed E-state index contributed by atoms with van der Waals surface area (Å²) in [6.45, 7) is 17.2. The Morgan fingerprint density at radius 2 is 0.632 bits per heavy atom. The Kier molecular flexibility index (Phi) is 10.8. The first-order chi connectivity index (χ1) is 64.3. The van der Waals surface area contributed by atoms with Crippen molar-refractivity contribution in [2.45, 2.75) is 78.6 Å². The fourth-order valence-corrected chi connectivity index (χ4v) is 17.7. The minimum atomic E-state index is -1.67. The second kappa shape index (κ2) is 25.0. The molecular formula is C108H84BN5. The van der Waals surface area contributed by atoms with Crippen LogP contribution in [0.3, 0.4) is 0 Å². The van der Waals surface area contributed by atoms with Gasteiger partial charge in [-0.1, -0.05) is 293 Å². The largest absolute Gasteiger partial charge is 0.310 e. The molecule has 22 rings (SSSR count). The molecule has 0 atom stereocenters. The minimum Gasteiger partial charge on any atom is -0.310 e. The Morgan fingerprint density at radius 1 is 0.272 bits per heavy atom. The van der Waals surface area contributed by atoms with Crippen molar-refractivity contribution in [1.29, 1.82) is 0 Å². The van der Waals surface area contributed by atoms with Gasteiger partial charge < -0.3 is 23.3 Å². The van der Waals surface area contributed by atoms with Crippen LogP contribution in [0.25, 0.3) is 149 Å². The van der Waals surface area contributed by atoms with Crippen molar-refractivity contribution in [3.63, 3.8) is 0 Å². The molecule has 0 saturated heterocycles. The molecule has 5 nitrogen and oxygen atoms in total. The van der Waals surface area contributed by atoms with Gasteiger partial charge >= 0.3 is 0 Å². The van der Waals surface area contributed by atoms with Gasteiger partial charge in [-0.3, -0.25) is 0 Å². The maximum Gasteiger partial charge on any atom is 0.252 e. The molecule has 0 bridgehead atoms. The van der Waals surface area contributed by atoms with E-state index in [0.717, 1.165) is 53.8 Å². The molecule has 6 heterocycles. The molecule has 4 aromatic heterocycles. The van der Waals surface area contributed by atoms with Gasteiger partial charge in [0.05, 0.1) is 78.8 Å². The predicted octanol–water partition coefficient (Wildman–Crippen LogP) is 27.3. The maximum absolute atomic E-state index is 12.2. The summed E-state index contributed by atoms with van der Waals surface area (Å²) in [4.78, 5) is 3.90. The van der Waals surface area contributed by atoms with Crippen LogP contribution >= 0.6 is 0 Å². The number of aromatic nitrogens is 3. The van der Waals surface area contributed by atoms with E-state index in [9.17, 15) is 28.8 Å². The van der Waals surface area contributed by atoms with Crippen LogP contribution in [-0.4, -0.2) is 20.2 Å². The molecule has 0 saturated carbocycles. The lowest BCUT2D eigenvalue weighted by Gasteiger charge is -2.47. The number of benzene rings is 16. The van der Waals surface area contributed by atoms with Crippen LogP contribution in [0.1, 0.15) is 108 Å². The molecule has 6 heteroatoms. The highest BCUT2D eigenvalue weighted by Gasteiger charge is 2.47. The minimum absolute atomic E-state index is 0.0353. The first kappa shape index (κ1) is 49.1. The monoisotopic (exact) mass is 1480 g/mol. The topological polar surface area (TPSA) is 20.8 Å². The number of para-hydroxylation sites is 5. The quantitative estimate of drug-likeness (QED) is 0.134. The van der Waals surface area contributed by atoms with Gasteiger partial charge in [0, 0.05) is 99.5 Å². The van der Waals surface area contributed by atoms with E-state index in [-0.39, 0.29) is 60.4 Å². The van der Waals surface area contributed by atoms with Crippen molar-refractivity contribution < 1.29 is 28.8 Å². The Balaban J connectivity index is 1.01. The fourth-order valence-electron chi connectivity index (χ4n) is 17.7. The summed E-state index contributed by atoms with van der Waals surface area (Å²) in [7, 11) is 0. The average molecular weight is 1480 g/mol. The van der Waals surface area contributed by atoms with Crippen LogP contribution in [-0.2, 0) is 16.2 Å². The summed E-state index contributed by atoms with van der Waals surface area (Å²) in [5, 5.41) is 2.61. The van der Waals surface area contributed by atoms with E-state index >= 15 is 0 Å². The van der Waals surface area contributed by atoms with E-state index in [1.165, 1.54) is 4.57 Å². The molecule has 0 aliphatic carbocycles. The fraction of sp³-hybridized carbons (Fsp3) is 0.111. The van der Waals surface area contributed by atoms with Crippen molar-refractivity contribution in [2.24, 2.45) is 0 Å². The van der Waals surface area contributed by atoms with Crippen LogP contribution in [0.15, 0.2) is 345 Å². The molecule has 0 unspecified atom stereocenters. The molecule has 0 fully saturated rings. The van der Waals surface area contributed by atoms with Crippen LogP contribution in [0.5, 0.6) is 0 Å². The molecule has 2 aliphatic rings. The standard InChI is InChI=1S/C108H84BN5/c1-106(2,3)73-59-83(68-34-16-11-17-35-68)103(84(60-73)69-36-18-12-19-37-69)113-98-65-76(110-92-45-27-22-40-78(92)79-41-23-28-46-93(79)110)51-53-90(98)109-91-54-52-77(111-94-47-29-24-42-80(94)87-56-71(50-55-97(87)111)67-32-14-10-15-33-67)66-99(91)114(101-64-75(108(7,8)9)63-100(113)102(101)109)104-85(70-38-20-13-21-39-70)61-74(107(4,5)6)62-86(104)72-57-88-81-43-25-30-48-95(81)112-96-49-31-26-44-82(96)89(58-72)105(88)112/h10-66H,1-9H3/i22D,23D,24D,27D,28D,29D,40D,41D,42D,45D,46D,47D,50D,51D,52D,53D,54D,55D,56D,65D,66D. The molecular weight excluding hydrogens is 1380 g/mol. The van der Waals surface area contributed by atoms with E-state index in [0.29, 0.717) is 83.8 Å². The second-order valence-corrected chi connectivity index (χ2v) is 33.2. The molecule has 20 aromatic rings. The Hall–Kier alpha value is -13.4. The van der Waals surface area contributed by atoms with Crippen LogP contribution in [0.4, 0.5) is 34.1 Å². The summed E-state index contributed by atoms with van der Waals surface area (Å²) in [6.07, 6.45) is 0. The van der Waals surface area contributed by atoms with Crippen LogP contribution in [0.2, 0.25) is 0 Å². The maximum atomic E-state index is 12.2. The molecule has 0 N–H and O–H groups in total. The van der Waals surface area contributed by atoms with Gasteiger partial charge in [-0.15, -0.1) is 0 Å². The molecule has 0 amide bonds. The van der Waals surface area contributed by atoms with Crippen molar-refractivity contribution in [3.05, 3.63) is 362 Å². The van der Waals surface area contributed by atoms with Crippen molar-refractivity contribution in [3.8, 4) is 67.0 Å². The van der Waals surface area contributed by atoms with Gasteiger partial charge in [0.15, 0.2) is 0 Å². The Bertz CT molecular complexity index is 8470. The van der Waals surface area contributed by atoms with E-state index in [1.807, 2.05) is 137 Å². The third kappa shape index (κ3) is 10.3. The molecule has 16 aromatic carbocycles. The van der Waals surface area contributed by atoms with E-state index < -0.39 is 172 Å². The smallest absolute Gasteiger partial charge is 0.252 e. The van der Waals surface area contributed by atoms with Gasteiger partial charge in [0.25, 0.3) is 6.71 Å². The predicted molar refractivity (Wildman–Crippen MR) is 487 cm³/mol. The van der Waals surface area contributed by atoms with Gasteiger partial charge in [-0.25, -0.2) is 0 Å². The highest BCUT2D eigenvalue weighted by atomic mass is 15.2. The number of rotatable bonds is 9. The van der Waals surface area contributed by atoms with E-state index in [4.69, 9.17) is 0 Å². The number of fused-ring (bicyclic) bond motifs is 16. The van der Waals surface area contributed by atoms with Crippen molar-refractivity contribution >= 4 is 139 Å². The number of anilines is 6. The Morgan fingerprint density at radius 3 is 1.05 bits per heavy atom. The normalized spacial score (nSPS) is 15.7. The van der Waals surface area contributed by atoms with Crippen LogP contribution in [0, 0.1) is 0 Å².